The molecule has 0 fully saturated rings. The van der Waals surface area contributed by atoms with Gasteiger partial charge in [-0.05, 0) is 50.1 Å². The molecule has 4 nitrogen and oxygen atoms in total. The number of nitrogens with one attached hydrogen (secondary N) is 1. The van der Waals surface area contributed by atoms with Gasteiger partial charge in [0.15, 0.2) is 0 Å². The van der Waals surface area contributed by atoms with Crippen LogP contribution in [0.3, 0.4) is 0 Å². The Morgan fingerprint density at radius 1 is 1.39 bits per heavy atom. The summed E-state index contributed by atoms with van der Waals surface area (Å²) in [6.45, 7) is 5.58. The summed E-state index contributed by atoms with van der Waals surface area (Å²) >= 11 is 0. The van der Waals surface area contributed by atoms with Crippen LogP contribution in [0.1, 0.15) is 19.4 Å². The lowest BCUT2D eigenvalue weighted by molar-refractivity contribution is 0.453. The van der Waals surface area contributed by atoms with Crippen LogP contribution in [0, 0.1) is 18.7 Å². The maximum Gasteiger partial charge on any atom is 0.241 e. The molecule has 2 unspecified atom stereocenters. The summed E-state index contributed by atoms with van der Waals surface area (Å²) in [5.74, 6) is -0.421. The summed E-state index contributed by atoms with van der Waals surface area (Å²) in [6, 6.07) is 3.33. The van der Waals surface area contributed by atoms with Gasteiger partial charge in [-0.25, -0.2) is 17.5 Å². The largest absolute Gasteiger partial charge is 0.330 e. The van der Waals surface area contributed by atoms with Crippen molar-refractivity contribution < 1.29 is 12.8 Å². The van der Waals surface area contributed by atoms with Crippen LogP contribution in [0.4, 0.5) is 4.39 Å². The molecule has 1 aromatic carbocycles. The van der Waals surface area contributed by atoms with Crippen LogP contribution in [-0.4, -0.2) is 21.0 Å². The molecule has 3 N–H and O–H groups in total. The maximum absolute atomic E-state index is 12.9. The van der Waals surface area contributed by atoms with Crippen LogP contribution >= 0.6 is 0 Å². The minimum atomic E-state index is -3.63. The number of hydrogen-bond acceptors (Lipinski definition) is 3. The van der Waals surface area contributed by atoms with Gasteiger partial charge in [0.1, 0.15) is 5.82 Å². The summed E-state index contributed by atoms with van der Waals surface area (Å²) in [5.41, 5.74) is 5.88. The predicted octanol–water partition coefficient (Wildman–Crippen LogP) is 1.40. The van der Waals surface area contributed by atoms with Gasteiger partial charge in [-0.3, -0.25) is 0 Å². The molecule has 0 bridgehead atoms. The molecule has 0 heterocycles. The maximum atomic E-state index is 12.9. The number of sulfonamides is 1. The van der Waals surface area contributed by atoms with Crippen molar-refractivity contribution in [1.29, 1.82) is 0 Å². The molecule has 0 aromatic heterocycles. The van der Waals surface area contributed by atoms with E-state index in [-0.39, 0.29) is 16.9 Å². The lowest BCUT2D eigenvalue weighted by Crippen LogP contribution is -2.39. The molecule has 0 aliphatic carbocycles. The molecule has 102 valence electrons. The minimum Gasteiger partial charge on any atom is -0.330 e. The highest BCUT2D eigenvalue weighted by Crippen LogP contribution is 2.17. The van der Waals surface area contributed by atoms with Crippen molar-refractivity contribution in [2.45, 2.75) is 31.7 Å². The standard InChI is InChI=1S/C12H19FN2O2S/c1-8-6-11(13)4-5-12(8)18(16,17)15-10(3)9(2)7-14/h4-6,9-10,15H,7,14H2,1-3H3. The monoisotopic (exact) mass is 274 g/mol. The number of nitrogens with two attached hydrogens (primary N) is 1. The molecular weight excluding hydrogens is 255 g/mol. The normalized spacial score (nSPS) is 15.4. The number of halogens is 1. The predicted molar refractivity (Wildman–Crippen MR) is 69.1 cm³/mol. The highest BCUT2D eigenvalue weighted by atomic mass is 32.2. The molecule has 0 spiro atoms. The Morgan fingerprint density at radius 2 is 2.00 bits per heavy atom. The third kappa shape index (κ3) is 3.51. The Balaban J connectivity index is 3.00. The molecule has 0 amide bonds. The molecule has 0 saturated carbocycles. The topological polar surface area (TPSA) is 72.2 Å². The average Bonchev–Trinajstić information content (AvgIpc) is 2.26. The van der Waals surface area contributed by atoms with E-state index in [0.29, 0.717) is 12.1 Å². The highest BCUT2D eigenvalue weighted by Gasteiger charge is 2.22. The van der Waals surface area contributed by atoms with E-state index in [1.54, 1.807) is 13.8 Å². The molecule has 0 radical (unpaired) electrons. The zero-order chi connectivity index (χ0) is 13.9. The van der Waals surface area contributed by atoms with Crippen molar-refractivity contribution in [2.75, 3.05) is 6.54 Å². The lowest BCUT2D eigenvalue weighted by Gasteiger charge is -2.20. The lowest BCUT2D eigenvalue weighted by atomic mass is 10.1. The average molecular weight is 274 g/mol. The van der Waals surface area contributed by atoms with Crippen molar-refractivity contribution in [1.82, 2.24) is 4.72 Å². The van der Waals surface area contributed by atoms with Gasteiger partial charge in [0.05, 0.1) is 4.90 Å². The van der Waals surface area contributed by atoms with E-state index in [9.17, 15) is 12.8 Å². The van der Waals surface area contributed by atoms with Crippen LogP contribution in [0.5, 0.6) is 0 Å². The first-order valence-electron chi connectivity index (χ1n) is 5.76. The number of hydrogen-bond donors (Lipinski definition) is 2. The van der Waals surface area contributed by atoms with Gasteiger partial charge in [0.25, 0.3) is 0 Å². The second kappa shape index (κ2) is 5.77. The summed E-state index contributed by atoms with van der Waals surface area (Å²) in [7, 11) is -3.63. The van der Waals surface area contributed by atoms with E-state index in [1.165, 1.54) is 12.1 Å². The third-order valence-electron chi connectivity index (χ3n) is 2.99. The van der Waals surface area contributed by atoms with E-state index in [4.69, 9.17) is 5.73 Å². The van der Waals surface area contributed by atoms with Crippen LogP contribution in [0.2, 0.25) is 0 Å². The van der Waals surface area contributed by atoms with Crippen molar-refractivity contribution in [2.24, 2.45) is 11.7 Å². The zero-order valence-corrected chi connectivity index (χ0v) is 11.6. The molecular formula is C12H19FN2O2S. The molecule has 2 atom stereocenters. The van der Waals surface area contributed by atoms with Crippen molar-refractivity contribution in [3.8, 4) is 0 Å². The van der Waals surface area contributed by atoms with Gasteiger partial charge < -0.3 is 5.73 Å². The van der Waals surface area contributed by atoms with E-state index in [1.807, 2.05) is 6.92 Å². The number of benzene rings is 1. The van der Waals surface area contributed by atoms with E-state index >= 15 is 0 Å². The van der Waals surface area contributed by atoms with Gasteiger partial charge in [-0.2, -0.15) is 0 Å². The molecule has 18 heavy (non-hydrogen) atoms. The second-order valence-electron chi connectivity index (χ2n) is 4.53. The summed E-state index contributed by atoms with van der Waals surface area (Å²) in [5, 5.41) is 0. The SMILES string of the molecule is Cc1cc(F)ccc1S(=O)(=O)NC(C)C(C)CN. The van der Waals surface area contributed by atoms with Gasteiger partial charge in [0.2, 0.25) is 10.0 Å². The summed E-state index contributed by atoms with van der Waals surface area (Å²) < 4.78 is 39.7. The zero-order valence-electron chi connectivity index (χ0n) is 10.8. The van der Waals surface area contributed by atoms with Crippen LogP contribution < -0.4 is 10.5 Å². The molecule has 1 aromatic rings. The van der Waals surface area contributed by atoms with Gasteiger partial charge in [0, 0.05) is 6.04 Å². The van der Waals surface area contributed by atoms with Crippen molar-refractivity contribution in [3.05, 3.63) is 29.6 Å². The Hall–Kier alpha value is -0.980. The fourth-order valence-corrected chi connectivity index (χ4v) is 3.12. The van der Waals surface area contributed by atoms with E-state index < -0.39 is 15.8 Å². The Kier molecular flexibility index (Phi) is 4.84. The van der Waals surface area contributed by atoms with E-state index in [0.717, 1.165) is 6.07 Å². The van der Waals surface area contributed by atoms with Gasteiger partial charge >= 0.3 is 0 Å². The van der Waals surface area contributed by atoms with Crippen LogP contribution in [-0.2, 0) is 10.0 Å². The molecule has 0 aliphatic rings. The third-order valence-corrected chi connectivity index (χ3v) is 4.71. The first kappa shape index (κ1) is 15.1. The van der Waals surface area contributed by atoms with Crippen molar-refractivity contribution >= 4 is 10.0 Å². The quantitative estimate of drug-likeness (QED) is 0.852. The Bertz CT molecular complexity index is 517. The minimum absolute atomic E-state index is 0.0283. The Labute approximate surface area is 107 Å². The van der Waals surface area contributed by atoms with Gasteiger partial charge in [-0.1, -0.05) is 6.92 Å². The molecule has 0 aliphatic heterocycles. The van der Waals surface area contributed by atoms with E-state index in [2.05, 4.69) is 4.72 Å². The summed E-state index contributed by atoms with van der Waals surface area (Å²) in [6.07, 6.45) is 0. The number of aryl methyl sites for hydroxylation is 1. The summed E-state index contributed by atoms with van der Waals surface area (Å²) in [4.78, 5) is 0.0972. The second-order valence-corrected chi connectivity index (χ2v) is 6.22. The Morgan fingerprint density at radius 3 is 2.50 bits per heavy atom. The molecule has 0 saturated heterocycles. The fourth-order valence-electron chi connectivity index (χ4n) is 1.54. The van der Waals surface area contributed by atoms with Crippen LogP contribution in [0.15, 0.2) is 23.1 Å². The van der Waals surface area contributed by atoms with Gasteiger partial charge in [-0.15, -0.1) is 0 Å². The van der Waals surface area contributed by atoms with Crippen LogP contribution in [0.25, 0.3) is 0 Å². The fraction of sp³-hybridized carbons (Fsp3) is 0.500. The number of rotatable bonds is 5. The molecule has 1 rings (SSSR count). The molecule has 6 heteroatoms. The smallest absolute Gasteiger partial charge is 0.241 e. The first-order valence-corrected chi connectivity index (χ1v) is 7.24. The van der Waals surface area contributed by atoms with Crippen molar-refractivity contribution in [3.63, 3.8) is 0 Å². The highest BCUT2D eigenvalue weighted by molar-refractivity contribution is 7.89. The first-order chi connectivity index (χ1) is 8.27.